The minimum Gasteiger partial charge on any atom is -0.451 e. The molecule has 0 saturated carbocycles. The molecule has 3 amide bonds. The van der Waals surface area contributed by atoms with Crippen molar-refractivity contribution in [3.63, 3.8) is 0 Å². The van der Waals surface area contributed by atoms with Crippen LogP contribution in [0.3, 0.4) is 0 Å². The van der Waals surface area contributed by atoms with Crippen molar-refractivity contribution in [1.82, 2.24) is 10.2 Å². The number of nitrogens with zero attached hydrogens (tertiary/aromatic N) is 1. The van der Waals surface area contributed by atoms with Gasteiger partial charge in [-0.1, -0.05) is 23.8 Å². The van der Waals surface area contributed by atoms with Crippen LogP contribution in [0, 0.1) is 0 Å². The maximum Gasteiger partial charge on any atom is 0.329 e. The molecule has 1 aromatic rings. The number of imide groups is 1. The van der Waals surface area contributed by atoms with E-state index in [9.17, 15) is 19.2 Å². The van der Waals surface area contributed by atoms with Gasteiger partial charge in [0.05, 0.1) is 11.1 Å². The number of benzene rings is 1. The van der Waals surface area contributed by atoms with Gasteiger partial charge in [-0.2, -0.15) is 0 Å². The summed E-state index contributed by atoms with van der Waals surface area (Å²) in [4.78, 5) is 50.5. The SMILES string of the molecule is C[C@@H](OC(=O)[C@H](C)N1C(=O)c2ccccc2C1=O)C(=O)NCCC1=CCCCC1. The van der Waals surface area contributed by atoms with E-state index in [4.69, 9.17) is 4.74 Å². The number of hydrogen-bond donors (Lipinski definition) is 1. The van der Waals surface area contributed by atoms with Gasteiger partial charge in [0.15, 0.2) is 6.10 Å². The summed E-state index contributed by atoms with van der Waals surface area (Å²) in [5.41, 5.74) is 1.88. The number of nitrogens with one attached hydrogen (secondary N) is 1. The third kappa shape index (κ3) is 4.55. The molecule has 1 aliphatic carbocycles. The molecule has 1 aromatic carbocycles. The van der Waals surface area contributed by atoms with Gasteiger partial charge in [-0.05, 0) is 58.1 Å². The highest BCUT2D eigenvalue weighted by Gasteiger charge is 2.41. The molecule has 1 heterocycles. The normalized spacial score (nSPS) is 18.0. The van der Waals surface area contributed by atoms with Crippen molar-refractivity contribution in [2.45, 2.75) is 58.1 Å². The van der Waals surface area contributed by atoms with Crippen LogP contribution in [0.25, 0.3) is 0 Å². The van der Waals surface area contributed by atoms with E-state index in [2.05, 4.69) is 11.4 Å². The van der Waals surface area contributed by atoms with E-state index in [1.165, 1.54) is 32.3 Å². The smallest absolute Gasteiger partial charge is 0.329 e. The minimum atomic E-state index is -1.12. The van der Waals surface area contributed by atoms with E-state index >= 15 is 0 Å². The van der Waals surface area contributed by atoms with Crippen LogP contribution in [0.15, 0.2) is 35.9 Å². The van der Waals surface area contributed by atoms with Crippen molar-refractivity contribution in [3.05, 3.63) is 47.0 Å². The summed E-state index contributed by atoms with van der Waals surface area (Å²) in [6.45, 7) is 3.38. The monoisotopic (exact) mass is 398 g/mol. The van der Waals surface area contributed by atoms with Crippen molar-refractivity contribution >= 4 is 23.7 Å². The van der Waals surface area contributed by atoms with E-state index in [1.807, 2.05) is 0 Å². The highest BCUT2D eigenvalue weighted by Crippen LogP contribution is 2.25. The molecule has 1 aliphatic heterocycles. The first-order chi connectivity index (χ1) is 13.9. The Bertz CT molecular complexity index is 826. The molecule has 29 heavy (non-hydrogen) atoms. The zero-order chi connectivity index (χ0) is 21.0. The lowest BCUT2D eigenvalue weighted by molar-refractivity contribution is -0.158. The Hall–Kier alpha value is -2.96. The van der Waals surface area contributed by atoms with Gasteiger partial charge in [0.25, 0.3) is 17.7 Å². The highest BCUT2D eigenvalue weighted by atomic mass is 16.5. The molecule has 1 N–H and O–H groups in total. The number of allylic oxidation sites excluding steroid dienone is 1. The van der Waals surface area contributed by atoms with Gasteiger partial charge in [-0.25, -0.2) is 4.79 Å². The van der Waals surface area contributed by atoms with Crippen LogP contribution in [0.1, 0.15) is 66.7 Å². The molecule has 0 aromatic heterocycles. The van der Waals surface area contributed by atoms with Crippen LogP contribution in [-0.2, 0) is 14.3 Å². The van der Waals surface area contributed by atoms with Gasteiger partial charge in [-0.15, -0.1) is 0 Å². The number of carbonyl (C=O) groups excluding carboxylic acids is 4. The molecule has 0 saturated heterocycles. The zero-order valence-electron chi connectivity index (χ0n) is 16.8. The lowest BCUT2D eigenvalue weighted by Crippen LogP contribution is -2.46. The molecular weight excluding hydrogens is 372 g/mol. The summed E-state index contributed by atoms with van der Waals surface area (Å²) in [6, 6.07) is 5.29. The van der Waals surface area contributed by atoms with E-state index in [-0.39, 0.29) is 11.1 Å². The molecule has 7 nitrogen and oxygen atoms in total. The molecule has 7 heteroatoms. The van der Waals surface area contributed by atoms with Crippen LogP contribution in [0.4, 0.5) is 0 Å². The van der Waals surface area contributed by atoms with Crippen LogP contribution in [0.5, 0.6) is 0 Å². The maximum atomic E-state index is 12.5. The van der Waals surface area contributed by atoms with Crippen molar-refractivity contribution in [2.24, 2.45) is 0 Å². The van der Waals surface area contributed by atoms with E-state index < -0.39 is 35.8 Å². The molecule has 2 aliphatic rings. The van der Waals surface area contributed by atoms with Crippen LogP contribution >= 0.6 is 0 Å². The summed E-state index contributed by atoms with van der Waals surface area (Å²) >= 11 is 0. The lowest BCUT2D eigenvalue weighted by Gasteiger charge is -2.23. The highest BCUT2D eigenvalue weighted by molar-refractivity contribution is 6.22. The quantitative estimate of drug-likeness (QED) is 0.433. The first kappa shape index (κ1) is 20.8. The van der Waals surface area contributed by atoms with Gasteiger partial charge in [0.1, 0.15) is 6.04 Å². The van der Waals surface area contributed by atoms with Crippen LogP contribution in [-0.4, -0.2) is 47.3 Å². The number of ether oxygens (including phenoxy) is 1. The Balaban J connectivity index is 1.51. The third-order valence-corrected chi connectivity index (χ3v) is 5.35. The summed E-state index contributed by atoms with van der Waals surface area (Å²) in [5.74, 6) is -2.26. The number of fused-ring (bicyclic) bond motifs is 1. The molecule has 0 fully saturated rings. The predicted octanol–water partition coefficient (Wildman–Crippen LogP) is 2.61. The minimum absolute atomic E-state index is 0.264. The summed E-state index contributed by atoms with van der Waals surface area (Å²) in [6.07, 6.45) is 6.56. The molecular formula is C22H26N2O5. The second kappa shape index (κ2) is 9.03. The third-order valence-electron chi connectivity index (χ3n) is 5.35. The van der Waals surface area contributed by atoms with Gasteiger partial charge in [0, 0.05) is 6.54 Å². The summed E-state index contributed by atoms with van der Waals surface area (Å²) in [7, 11) is 0. The molecule has 3 rings (SSSR count). The molecule has 2 atom stereocenters. The number of carbonyl (C=O) groups is 4. The van der Waals surface area contributed by atoms with E-state index in [0.29, 0.717) is 6.54 Å². The summed E-state index contributed by atoms with van der Waals surface area (Å²) in [5, 5.41) is 2.77. The predicted molar refractivity (Wildman–Crippen MR) is 106 cm³/mol. The number of hydrogen-bond acceptors (Lipinski definition) is 5. The first-order valence-electron chi connectivity index (χ1n) is 10.0. The zero-order valence-corrected chi connectivity index (χ0v) is 16.8. The molecule has 0 unspecified atom stereocenters. The maximum absolute atomic E-state index is 12.5. The number of amides is 3. The molecule has 0 spiro atoms. The van der Waals surface area contributed by atoms with Crippen molar-refractivity contribution in [3.8, 4) is 0 Å². The Morgan fingerprint density at radius 3 is 2.34 bits per heavy atom. The topological polar surface area (TPSA) is 92.8 Å². The summed E-state index contributed by atoms with van der Waals surface area (Å²) < 4.78 is 5.21. The fraction of sp³-hybridized carbons (Fsp3) is 0.455. The van der Waals surface area contributed by atoms with Gasteiger partial charge < -0.3 is 10.1 Å². The van der Waals surface area contributed by atoms with E-state index in [0.717, 1.165) is 24.2 Å². The average Bonchev–Trinajstić information content (AvgIpc) is 2.98. The second-order valence-corrected chi connectivity index (χ2v) is 7.43. The largest absolute Gasteiger partial charge is 0.451 e. The van der Waals surface area contributed by atoms with E-state index in [1.54, 1.807) is 24.3 Å². The van der Waals surface area contributed by atoms with Crippen molar-refractivity contribution in [1.29, 1.82) is 0 Å². The van der Waals surface area contributed by atoms with Gasteiger partial charge >= 0.3 is 5.97 Å². The van der Waals surface area contributed by atoms with Crippen molar-refractivity contribution in [2.75, 3.05) is 6.54 Å². The molecule has 154 valence electrons. The Morgan fingerprint density at radius 1 is 1.10 bits per heavy atom. The fourth-order valence-corrected chi connectivity index (χ4v) is 3.61. The fourth-order valence-electron chi connectivity index (χ4n) is 3.61. The Kier molecular flexibility index (Phi) is 6.46. The van der Waals surface area contributed by atoms with Crippen LogP contribution in [0.2, 0.25) is 0 Å². The van der Waals surface area contributed by atoms with Crippen molar-refractivity contribution < 1.29 is 23.9 Å². The van der Waals surface area contributed by atoms with Gasteiger partial charge in [0.2, 0.25) is 0 Å². The average molecular weight is 398 g/mol. The van der Waals surface area contributed by atoms with Crippen LogP contribution < -0.4 is 5.32 Å². The lowest BCUT2D eigenvalue weighted by atomic mass is 9.97. The Labute approximate surface area is 170 Å². The number of rotatable bonds is 7. The standard InChI is InChI=1S/C22H26N2O5/c1-14(24-20(26)17-10-6-7-11-18(17)21(24)27)22(28)29-15(2)19(25)23-13-12-16-8-4-3-5-9-16/h6-8,10-11,14-15H,3-5,9,12-13H2,1-2H3,(H,23,25)/t14-,15+/m0/s1. The Morgan fingerprint density at radius 2 is 1.76 bits per heavy atom. The number of esters is 1. The second-order valence-electron chi connectivity index (χ2n) is 7.43. The van der Waals surface area contributed by atoms with Gasteiger partial charge in [-0.3, -0.25) is 19.3 Å². The molecule has 0 bridgehead atoms. The molecule has 0 radical (unpaired) electrons. The first-order valence-corrected chi connectivity index (χ1v) is 10.0.